The predicted octanol–water partition coefficient (Wildman–Crippen LogP) is 1.19. The Morgan fingerprint density at radius 2 is 1.69 bits per heavy atom. The molecule has 0 aliphatic rings. The van der Waals surface area contributed by atoms with Gasteiger partial charge in [-0.25, -0.2) is 0 Å². The average Bonchev–Trinajstić information content (AvgIpc) is 2.50. The van der Waals surface area contributed by atoms with Crippen LogP contribution in [0.4, 0.5) is 0 Å². The molecule has 0 aromatic heterocycles. The van der Waals surface area contributed by atoms with Gasteiger partial charge in [0.15, 0.2) is 5.78 Å². The zero-order valence-electron chi connectivity index (χ0n) is 19.0. The molecule has 0 aliphatic carbocycles. The Morgan fingerprint density at radius 3 is 1.97 bits per heavy atom. The van der Waals surface area contributed by atoms with Gasteiger partial charge in [0.1, 0.15) is 4.75 Å². The summed E-state index contributed by atoms with van der Waals surface area (Å²) < 4.78 is -1.46. The number of ketones is 1. The molecule has 4 nitrogen and oxygen atoms in total. The Hall–Kier alpha value is 2.12. The van der Waals surface area contributed by atoms with Crippen LogP contribution < -0.4 is 51.4 Å². The number of Topliss-reactive ketones (excluding diaryl/α,β-unsaturated/α-hetero) is 1. The van der Waals surface area contributed by atoms with Gasteiger partial charge in [0.2, 0.25) is 6.04 Å². The van der Waals surface area contributed by atoms with Crippen molar-refractivity contribution in [3.63, 3.8) is 0 Å². The van der Waals surface area contributed by atoms with Crippen molar-refractivity contribution in [1.29, 1.82) is 0 Å². The minimum Gasteiger partial charge on any atom is -1.00 e. The van der Waals surface area contributed by atoms with Crippen molar-refractivity contribution in [2.75, 3.05) is 0 Å². The smallest absolute Gasteiger partial charge is 1.00 e. The van der Waals surface area contributed by atoms with Gasteiger partial charge in [-0.3, -0.25) is 14.9 Å². The average molecular weight is 558 g/mol. The van der Waals surface area contributed by atoms with Gasteiger partial charge >= 0.3 is 51.4 Å². The third-order valence-electron chi connectivity index (χ3n) is 5.34. The summed E-state index contributed by atoms with van der Waals surface area (Å²) in [4.78, 5) is 24.9. The van der Waals surface area contributed by atoms with E-state index in [1.54, 1.807) is 48.5 Å². The van der Waals surface area contributed by atoms with Gasteiger partial charge in [0.05, 0.1) is 5.41 Å². The number of rotatable bonds is 10. The molecule has 3 atom stereocenters. The van der Waals surface area contributed by atoms with Crippen LogP contribution in [-0.2, 0) is 60.9 Å². The third-order valence-corrected chi connectivity index (χ3v) is 26.6. The Kier molecular flexibility index (Phi) is 13.8. The van der Waals surface area contributed by atoms with E-state index in [0.29, 0.717) is 11.1 Å². The zero-order chi connectivity index (χ0) is 22.9. The van der Waals surface area contributed by atoms with Crippen molar-refractivity contribution in [3.8, 4) is 0 Å². The van der Waals surface area contributed by atoms with Gasteiger partial charge in [0, 0.05) is 16.6 Å². The van der Waals surface area contributed by atoms with Crippen LogP contribution >= 0.6 is 11.7 Å². The summed E-state index contributed by atoms with van der Waals surface area (Å²) in [7, 11) is 0. The third kappa shape index (κ3) is 6.81. The van der Waals surface area contributed by atoms with Crippen molar-refractivity contribution in [2.45, 2.75) is 65.7 Å². The molecule has 0 rings (SSSR count). The summed E-state index contributed by atoms with van der Waals surface area (Å²) >= 11 is 26.4. The number of hydrogen-bond donors (Lipinski definition) is 1. The molecule has 164 valence electrons. The fourth-order valence-electron chi connectivity index (χ4n) is 3.26. The molecule has 0 radical (unpaired) electrons. The molecule has 29 heavy (non-hydrogen) atoms. The first-order valence-corrected chi connectivity index (χ1v) is 16.9. The molecule has 0 aromatic rings. The molecule has 0 bridgehead atoms. The maximum Gasteiger partial charge on any atom is 1.00 e. The maximum atomic E-state index is 13.2. The topological polar surface area (TPSA) is 60.2 Å². The molecule has 3 unspecified atom stereocenters. The number of carbonyl (C=O) groups is 1. The van der Waals surface area contributed by atoms with Crippen molar-refractivity contribution in [3.05, 3.63) is 33.9 Å². The molecular formula is C17H28KNO3S7-2. The molecule has 0 saturated carbocycles. The van der Waals surface area contributed by atoms with Crippen molar-refractivity contribution in [1.82, 2.24) is 0 Å². The van der Waals surface area contributed by atoms with Crippen LogP contribution in [-0.4, -0.2) is 21.5 Å². The summed E-state index contributed by atoms with van der Waals surface area (Å²) in [6, 6.07) is -1.21. The van der Waals surface area contributed by atoms with E-state index in [1.165, 1.54) is 0 Å². The van der Waals surface area contributed by atoms with E-state index in [9.17, 15) is 14.9 Å². The van der Waals surface area contributed by atoms with Crippen LogP contribution in [0.3, 0.4) is 0 Å². The molecule has 0 fully saturated rings. The van der Waals surface area contributed by atoms with Gasteiger partial charge in [-0.1, -0.05) is 39.4 Å². The predicted molar refractivity (Wildman–Crippen MR) is 138 cm³/mol. The Labute approximate surface area is 243 Å². The summed E-state index contributed by atoms with van der Waals surface area (Å²) in [5, 5.41) is 9.52. The largest absolute Gasteiger partial charge is 1.00 e. The molecule has 0 aliphatic heterocycles. The second-order valence-corrected chi connectivity index (χ2v) is 26.6. The van der Waals surface area contributed by atoms with Crippen LogP contribution in [0.15, 0.2) is 11.1 Å². The normalized spacial score (nSPS) is 17.4. The number of allylic oxidation sites excluding steroid dienone is 2. The van der Waals surface area contributed by atoms with Gasteiger partial charge in [-0.15, -0.1) is 13.8 Å². The Bertz CT molecular complexity index is 914. The van der Waals surface area contributed by atoms with E-state index in [-0.39, 0.29) is 65.0 Å². The van der Waals surface area contributed by atoms with Gasteiger partial charge < -0.3 is 25.2 Å². The van der Waals surface area contributed by atoms with E-state index in [4.69, 9.17) is 51.3 Å². The number of thiol groups is 1. The van der Waals surface area contributed by atoms with E-state index < -0.39 is 38.4 Å². The van der Waals surface area contributed by atoms with Crippen molar-refractivity contribution >= 4 is 73.6 Å². The van der Waals surface area contributed by atoms with Crippen LogP contribution in [0.5, 0.6) is 0 Å². The van der Waals surface area contributed by atoms with E-state index in [0.717, 1.165) is 0 Å². The fraction of sp³-hybridized carbons (Fsp3) is 0.706. The molecule has 0 N–H and O–H groups in total. The van der Waals surface area contributed by atoms with Gasteiger partial charge in [-0.2, -0.15) is 0 Å². The first kappa shape index (κ1) is 33.3. The first-order chi connectivity index (χ1) is 12.3. The standard InChI is InChI=1S/C17H27NO3S7.K.H/c1-9-14(19)17(8,27(22,23)28(24,25)26)16(6,7)15(18(20)21)13(5)10-12(4)11(2)3;;/h2,13,15H,9H2,1,3-8H3,(H,24,25,26);;/q-2;+1;-1/i;;1+0. The SMILES string of the molecule is [1H-].[CH-]=C(C)C(C)=[C-]C(C)C([N+](=O)[O-])C(C)(C)C(C)(C(=O)CC)S(=S)(=S)S(=S)(=S)S.[K+]. The maximum absolute atomic E-state index is 13.2. The second kappa shape index (κ2) is 12.0. The monoisotopic (exact) mass is 557 g/mol. The molecule has 0 spiro atoms. The number of hydrogen-bond acceptors (Lipinski definition) is 7. The minimum atomic E-state index is -2.84. The summed E-state index contributed by atoms with van der Waals surface area (Å²) in [6.45, 7) is 17.4. The summed E-state index contributed by atoms with van der Waals surface area (Å²) in [6.07, 6.45) is 0.340. The molecule has 12 heteroatoms. The first-order valence-electron chi connectivity index (χ1n) is 8.38. The molecular weight excluding hydrogens is 530 g/mol. The van der Waals surface area contributed by atoms with Crippen LogP contribution in [0.1, 0.15) is 56.3 Å². The molecule has 0 heterocycles. The summed E-state index contributed by atoms with van der Waals surface area (Å²) in [5.41, 5.74) is -0.119. The van der Waals surface area contributed by atoms with Crippen LogP contribution in [0.2, 0.25) is 0 Å². The zero-order valence-corrected chi connectivity index (χ0v) is 26.9. The summed E-state index contributed by atoms with van der Waals surface area (Å²) in [5.74, 6) is -0.938. The Balaban J connectivity index is -0.00000364. The van der Waals surface area contributed by atoms with E-state index in [2.05, 4.69) is 17.7 Å². The van der Waals surface area contributed by atoms with Gasteiger partial charge in [-0.05, 0) is 63.8 Å². The number of carbonyl (C=O) groups excluding carboxylic acids is 1. The van der Waals surface area contributed by atoms with E-state index in [1.807, 2.05) is 0 Å². The van der Waals surface area contributed by atoms with Crippen molar-refractivity contribution < 1.29 is 62.5 Å². The van der Waals surface area contributed by atoms with Crippen LogP contribution in [0.25, 0.3) is 0 Å². The molecule has 0 saturated heterocycles. The molecule has 0 amide bonds. The van der Waals surface area contributed by atoms with Crippen LogP contribution in [0, 0.1) is 34.1 Å². The van der Waals surface area contributed by atoms with Crippen molar-refractivity contribution in [2.24, 2.45) is 11.3 Å². The van der Waals surface area contributed by atoms with Gasteiger partial charge in [0.25, 0.3) is 0 Å². The minimum absolute atomic E-state index is 0. The van der Waals surface area contributed by atoms with E-state index >= 15 is 0 Å². The number of nitrogens with zero attached hydrogens (tertiary/aromatic N) is 1. The molecule has 0 aromatic carbocycles. The fourth-order valence-corrected chi connectivity index (χ4v) is 12.7. The second-order valence-electron chi connectivity index (χ2n) is 7.38. The quantitative estimate of drug-likeness (QED) is 0.0824. The number of nitro groups is 1. The Morgan fingerprint density at radius 1 is 1.28 bits per heavy atom.